The number of hydrogen-bond acceptors (Lipinski definition) is 4. The zero-order valence-electron chi connectivity index (χ0n) is 13.1. The number of nitro benzene ring substituents is 1. The van der Waals surface area contributed by atoms with E-state index in [1.54, 1.807) is 13.0 Å². The lowest BCUT2D eigenvalue weighted by molar-refractivity contribution is -0.385. The Morgan fingerprint density at radius 3 is 2.76 bits per heavy atom. The van der Waals surface area contributed by atoms with Crippen molar-refractivity contribution in [2.75, 3.05) is 11.9 Å². The van der Waals surface area contributed by atoms with Gasteiger partial charge in [0, 0.05) is 29.4 Å². The van der Waals surface area contributed by atoms with E-state index in [2.05, 4.69) is 17.6 Å². The number of nitro groups is 1. The highest BCUT2D eigenvalue weighted by atomic mass is 16.6. The third kappa shape index (κ3) is 4.17. The van der Waals surface area contributed by atoms with Crippen LogP contribution in [0.15, 0.2) is 12.1 Å². The van der Waals surface area contributed by atoms with Crippen molar-refractivity contribution < 1.29 is 4.92 Å². The minimum absolute atomic E-state index is 0.186. The van der Waals surface area contributed by atoms with Gasteiger partial charge in [-0.2, -0.15) is 0 Å². The molecule has 5 nitrogen and oxygen atoms in total. The smallest absolute Gasteiger partial charge is 0.274 e. The van der Waals surface area contributed by atoms with Crippen LogP contribution in [-0.2, 0) is 0 Å². The van der Waals surface area contributed by atoms with Gasteiger partial charge in [-0.3, -0.25) is 10.1 Å². The third-order valence-electron chi connectivity index (χ3n) is 4.19. The van der Waals surface area contributed by atoms with Crippen molar-refractivity contribution in [3.8, 4) is 0 Å². The fourth-order valence-corrected chi connectivity index (χ4v) is 3.07. The molecule has 1 aliphatic heterocycles. The average molecular weight is 291 g/mol. The minimum atomic E-state index is -0.312. The summed E-state index contributed by atoms with van der Waals surface area (Å²) in [4.78, 5) is 10.7. The summed E-state index contributed by atoms with van der Waals surface area (Å²) in [6.45, 7) is 7.02. The fourth-order valence-electron chi connectivity index (χ4n) is 3.07. The van der Waals surface area contributed by atoms with Crippen molar-refractivity contribution in [1.29, 1.82) is 0 Å². The topological polar surface area (TPSA) is 67.2 Å². The van der Waals surface area contributed by atoms with Crippen molar-refractivity contribution in [3.63, 3.8) is 0 Å². The zero-order chi connectivity index (χ0) is 15.4. The molecule has 1 saturated heterocycles. The molecule has 0 radical (unpaired) electrons. The summed E-state index contributed by atoms with van der Waals surface area (Å²) in [5.74, 6) is 0. The fraction of sp³-hybridized carbons (Fsp3) is 0.625. The molecule has 2 N–H and O–H groups in total. The number of nitrogens with zero attached hydrogens (tertiary/aromatic N) is 1. The Morgan fingerprint density at radius 1 is 1.38 bits per heavy atom. The molecule has 0 amide bonds. The molecule has 1 aliphatic rings. The second-order valence-electron chi connectivity index (χ2n) is 6.14. The van der Waals surface area contributed by atoms with E-state index in [4.69, 9.17) is 0 Å². The van der Waals surface area contributed by atoms with Crippen LogP contribution in [-0.4, -0.2) is 23.6 Å². The highest BCUT2D eigenvalue weighted by Gasteiger charge is 2.18. The van der Waals surface area contributed by atoms with Gasteiger partial charge < -0.3 is 10.6 Å². The molecule has 2 atom stereocenters. The molecule has 5 heteroatoms. The van der Waals surface area contributed by atoms with Crippen molar-refractivity contribution in [2.45, 2.75) is 58.5 Å². The third-order valence-corrected chi connectivity index (χ3v) is 4.19. The lowest BCUT2D eigenvalue weighted by Gasteiger charge is -2.27. The highest BCUT2D eigenvalue weighted by molar-refractivity contribution is 5.60. The molecule has 2 unspecified atom stereocenters. The summed E-state index contributed by atoms with van der Waals surface area (Å²) in [7, 11) is 0. The molecule has 2 rings (SSSR count). The van der Waals surface area contributed by atoms with Gasteiger partial charge in [-0.25, -0.2) is 0 Å². The number of rotatable bonds is 5. The van der Waals surface area contributed by atoms with E-state index in [1.807, 2.05) is 13.0 Å². The first-order valence-electron chi connectivity index (χ1n) is 7.73. The van der Waals surface area contributed by atoms with Crippen LogP contribution >= 0.6 is 0 Å². The summed E-state index contributed by atoms with van der Waals surface area (Å²) < 4.78 is 0. The Kier molecular flexibility index (Phi) is 5.17. The molecular formula is C16H25N3O2. The maximum Gasteiger partial charge on any atom is 0.274 e. The van der Waals surface area contributed by atoms with Crippen LogP contribution in [0.25, 0.3) is 0 Å². The number of nitrogens with one attached hydrogen (secondary N) is 2. The maximum absolute atomic E-state index is 11.1. The first-order valence-corrected chi connectivity index (χ1v) is 7.73. The lowest BCUT2D eigenvalue weighted by atomic mass is 9.98. The maximum atomic E-state index is 11.1. The van der Waals surface area contributed by atoms with Crippen LogP contribution in [0, 0.1) is 24.0 Å². The van der Waals surface area contributed by atoms with E-state index in [-0.39, 0.29) is 10.6 Å². The number of benzene rings is 1. The van der Waals surface area contributed by atoms with Gasteiger partial charge in [-0.05, 0) is 58.2 Å². The van der Waals surface area contributed by atoms with Gasteiger partial charge in [0.05, 0.1) is 4.92 Å². The van der Waals surface area contributed by atoms with E-state index < -0.39 is 0 Å². The molecule has 1 aromatic rings. The first-order chi connectivity index (χ1) is 9.97. The zero-order valence-corrected chi connectivity index (χ0v) is 13.1. The Labute approximate surface area is 126 Å². The number of piperidine rings is 1. The van der Waals surface area contributed by atoms with Crippen LogP contribution in [0.5, 0.6) is 0 Å². The summed E-state index contributed by atoms with van der Waals surface area (Å²) >= 11 is 0. The van der Waals surface area contributed by atoms with Crippen molar-refractivity contribution in [2.24, 2.45) is 0 Å². The summed E-state index contributed by atoms with van der Waals surface area (Å²) in [6, 6.07) is 4.39. The molecule has 1 aromatic carbocycles. The number of aryl methyl sites for hydroxylation is 2. The SMILES string of the molecule is Cc1cc(C)c([N+](=O)[O-])cc1NC(C)CC1CCCCN1. The highest BCUT2D eigenvalue weighted by Crippen LogP contribution is 2.27. The van der Waals surface area contributed by atoms with Crippen LogP contribution in [0.1, 0.15) is 43.7 Å². The Bertz CT molecular complexity index is 510. The van der Waals surface area contributed by atoms with Crippen LogP contribution in [0.2, 0.25) is 0 Å². The normalized spacial score (nSPS) is 20.0. The van der Waals surface area contributed by atoms with Crippen LogP contribution < -0.4 is 10.6 Å². The molecule has 0 aromatic heterocycles. The second kappa shape index (κ2) is 6.89. The summed E-state index contributed by atoms with van der Waals surface area (Å²) in [5.41, 5.74) is 2.83. The molecule has 1 fully saturated rings. The molecular weight excluding hydrogens is 266 g/mol. The van der Waals surface area contributed by atoms with Gasteiger partial charge in [-0.1, -0.05) is 6.42 Å². The largest absolute Gasteiger partial charge is 0.382 e. The Balaban J connectivity index is 2.04. The standard InChI is InChI=1S/C16H25N3O2/c1-11-8-12(2)16(19(20)21)10-15(11)18-13(3)9-14-6-4-5-7-17-14/h8,10,13-14,17-18H,4-7,9H2,1-3H3. The monoisotopic (exact) mass is 291 g/mol. The molecule has 116 valence electrons. The average Bonchev–Trinajstić information content (AvgIpc) is 2.42. The molecule has 21 heavy (non-hydrogen) atoms. The molecule has 0 aliphatic carbocycles. The van der Waals surface area contributed by atoms with Gasteiger partial charge in [0.25, 0.3) is 5.69 Å². The molecule has 1 heterocycles. The molecule has 0 spiro atoms. The van der Waals surface area contributed by atoms with E-state index in [1.165, 1.54) is 19.3 Å². The van der Waals surface area contributed by atoms with Gasteiger partial charge in [-0.15, -0.1) is 0 Å². The first kappa shape index (κ1) is 15.8. The van der Waals surface area contributed by atoms with E-state index in [0.29, 0.717) is 17.6 Å². The van der Waals surface area contributed by atoms with E-state index in [0.717, 1.165) is 24.2 Å². The van der Waals surface area contributed by atoms with Gasteiger partial charge >= 0.3 is 0 Å². The predicted molar refractivity (Wildman–Crippen MR) is 85.9 cm³/mol. The molecule has 0 saturated carbocycles. The summed E-state index contributed by atoms with van der Waals surface area (Å²) in [6.07, 6.45) is 4.82. The van der Waals surface area contributed by atoms with Crippen LogP contribution in [0.4, 0.5) is 11.4 Å². The second-order valence-corrected chi connectivity index (χ2v) is 6.14. The summed E-state index contributed by atoms with van der Waals surface area (Å²) in [5, 5.41) is 18.0. The van der Waals surface area contributed by atoms with Gasteiger partial charge in [0.2, 0.25) is 0 Å². The van der Waals surface area contributed by atoms with Crippen molar-refractivity contribution >= 4 is 11.4 Å². The number of anilines is 1. The molecule has 0 bridgehead atoms. The predicted octanol–water partition coefficient (Wildman–Crippen LogP) is 3.54. The van der Waals surface area contributed by atoms with Crippen molar-refractivity contribution in [3.05, 3.63) is 33.4 Å². The Hall–Kier alpha value is -1.62. The quantitative estimate of drug-likeness (QED) is 0.643. The minimum Gasteiger partial charge on any atom is -0.382 e. The Morgan fingerprint density at radius 2 is 2.14 bits per heavy atom. The van der Waals surface area contributed by atoms with E-state index in [9.17, 15) is 10.1 Å². The lowest BCUT2D eigenvalue weighted by Crippen LogP contribution is -2.37. The van der Waals surface area contributed by atoms with Gasteiger partial charge in [0.15, 0.2) is 0 Å². The van der Waals surface area contributed by atoms with Gasteiger partial charge in [0.1, 0.15) is 0 Å². The van der Waals surface area contributed by atoms with Crippen LogP contribution in [0.3, 0.4) is 0 Å². The van der Waals surface area contributed by atoms with E-state index >= 15 is 0 Å². The van der Waals surface area contributed by atoms with Crippen molar-refractivity contribution in [1.82, 2.24) is 5.32 Å². The number of hydrogen-bond donors (Lipinski definition) is 2.